The van der Waals surface area contributed by atoms with Crippen molar-refractivity contribution in [3.8, 4) is 11.8 Å². The Morgan fingerprint density at radius 1 is 1.44 bits per heavy atom. The number of hydrogen-bond donors (Lipinski definition) is 0. The predicted octanol–water partition coefficient (Wildman–Crippen LogP) is 1.69. The highest BCUT2D eigenvalue weighted by atomic mass is 35.5. The largest absolute Gasteiger partial charge is 0.481 e. The van der Waals surface area contributed by atoms with Crippen LogP contribution in [0, 0.1) is 5.92 Å². The minimum Gasteiger partial charge on any atom is -0.481 e. The third-order valence-corrected chi connectivity index (χ3v) is 3.37. The number of anilines is 1. The Morgan fingerprint density at radius 3 is 2.78 bits per heavy atom. The zero-order valence-corrected chi connectivity index (χ0v) is 11.1. The van der Waals surface area contributed by atoms with Crippen LogP contribution in [0.2, 0.25) is 0 Å². The van der Waals surface area contributed by atoms with Gasteiger partial charge in [-0.1, -0.05) is 0 Å². The summed E-state index contributed by atoms with van der Waals surface area (Å²) < 4.78 is 10.2. The van der Waals surface area contributed by atoms with Gasteiger partial charge in [0.1, 0.15) is 5.69 Å². The molecule has 18 heavy (non-hydrogen) atoms. The van der Waals surface area contributed by atoms with Gasteiger partial charge in [-0.05, 0) is 12.0 Å². The summed E-state index contributed by atoms with van der Waals surface area (Å²) >= 11 is 5.80. The number of amides is 1. The van der Waals surface area contributed by atoms with Gasteiger partial charge in [0.05, 0.1) is 14.2 Å². The summed E-state index contributed by atoms with van der Waals surface area (Å²) in [6.07, 6.45) is 0.471. The smallest absolute Gasteiger partial charge is 0.241 e. The molecule has 2 heterocycles. The van der Waals surface area contributed by atoms with Gasteiger partial charge < -0.3 is 14.4 Å². The van der Waals surface area contributed by atoms with E-state index in [1.807, 2.05) is 0 Å². The second-order valence-electron chi connectivity index (χ2n) is 4.11. The molecule has 0 N–H and O–H groups in total. The lowest BCUT2D eigenvalue weighted by Gasteiger charge is -2.18. The molecule has 1 amide bonds. The maximum Gasteiger partial charge on any atom is 0.241 e. The second-order valence-corrected chi connectivity index (χ2v) is 4.42. The van der Waals surface area contributed by atoms with Gasteiger partial charge in [-0.2, -0.15) is 4.98 Å². The number of alkyl halides is 1. The molecule has 0 saturated carbocycles. The molecule has 1 atom stereocenters. The molecule has 0 aromatic carbocycles. The maximum absolute atomic E-state index is 11.9. The number of rotatable bonds is 4. The average Bonchev–Trinajstić information content (AvgIpc) is 2.79. The molecule has 1 fully saturated rings. The molecule has 1 aromatic rings. The summed E-state index contributed by atoms with van der Waals surface area (Å²) in [6, 6.07) is 3.48. The average molecular weight is 271 g/mol. The molecule has 0 bridgehead atoms. The normalized spacial score (nSPS) is 19.2. The molecule has 0 radical (unpaired) electrons. The fourth-order valence-electron chi connectivity index (χ4n) is 2.00. The third-order valence-electron chi connectivity index (χ3n) is 2.93. The van der Waals surface area contributed by atoms with Crippen LogP contribution >= 0.6 is 11.6 Å². The molecule has 1 aliphatic rings. The van der Waals surface area contributed by atoms with E-state index in [1.165, 1.54) is 14.2 Å². The number of carbonyl (C=O) groups excluding carboxylic acids is 1. The second kappa shape index (κ2) is 5.44. The van der Waals surface area contributed by atoms with Gasteiger partial charge in [0.2, 0.25) is 17.7 Å². The van der Waals surface area contributed by atoms with Gasteiger partial charge in [-0.15, -0.1) is 11.6 Å². The van der Waals surface area contributed by atoms with Gasteiger partial charge in [0.25, 0.3) is 0 Å². The van der Waals surface area contributed by atoms with E-state index in [2.05, 4.69) is 4.98 Å². The number of nitrogens with zero attached hydrogens (tertiary/aromatic N) is 2. The van der Waals surface area contributed by atoms with E-state index >= 15 is 0 Å². The standard InChI is InChI=1S/C12H15ClN2O3/c1-17-10-4-3-9(12(14-10)18-2)15-7-8(6-13)5-11(15)16/h3-4,8H,5-7H2,1-2H3. The molecule has 1 saturated heterocycles. The van der Waals surface area contributed by atoms with Gasteiger partial charge in [0.15, 0.2) is 0 Å². The molecule has 1 aliphatic heterocycles. The van der Waals surface area contributed by atoms with Crippen molar-refractivity contribution in [1.29, 1.82) is 0 Å². The quantitative estimate of drug-likeness (QED) is 0.782. The highest BCUT2D eigenvalue weighted by molar-refractivity contribution is 6.18. The van der Waals surface area contributed by atoms with E-state index in [1.54, 1.807) is 17.0 Å². The van der Waals surface area contributed by atoms with E-state index < -0.39 is 0 Å². The summed E-state index contributed by atoms with van der Waals surface area (Å²) in [5.41, 5.74) is 0.663. The first-order valence-corrected chi connectivity index (χ1v) is 6.18. The lowest BCUT2D eigenvalue weighted by atomic mass is 10.1. The Kier molecular flexibility index (Phi) is 3.91. The van der Waals surface area contributed by atoms with Crippen LogP contribution in [0.15, 0.2) is 12.1 Å². The highest BCUT2D eigenvalue weighted by Gasteiger charge is 2.32. The molecule has 0 spiro atoms. The number of aromatic nitrogens is 1. The maximum atomic E-state index is 11.9. The van der Waals surface area contributed by atoms with Crippen LogP contribution in [0.4, 0.5) is 5.69 Å². The van der Waals surface area contributed by atoms with Crippen LogP contribution in [0.25, 0.3) is 0 Å². The number of ether oxygens (including phenoxy) is 2. The number of carbonyl (C=O) groups is 1. The van der Waals surface area contributed by atoms with Gasteiger partial charge in [-0.3, -0.25) is 4.79 Å². The molecular weight excluding hydrogens is 256 g/mol. The fourth-order valence-corrected chi connectivity index (χ4v) is 2.21. The highest BCUT2D eigenvalue weighted by Crippen LogP contribution is 2.33. The molecule has 98 valence electrons. The van der Waals surface area contributed by atoms with Crippen molar-refractivity contribution in [3.05, 3.63) is 12.1 Å². The first-order valence-electron chi connectivity index (χ1n) is 5.65. The summed E-state index contributed by atoms with van der Waals surface area (Å²) in [5.74, 6) is 1.56. The Labute approximate surface area is 111 Å². The molecule has 5 nitrogen and oxygen atoms in total. The lowest BCUT2D eigenvalue weighted by molar-refractivity contribution is -0.117. The van der Waals surface area contributed by atoms with Gasteiger partial charge in [-0.25, -0.2) is 0 Å². The minimum atomic E-state index is 0.0471. The molecule has 2 rings (SSSR count). The van der Waals surface area contributed by atoms with Crippen LogP contribution in [-0.4, -0.2) is 37.5 Å². The third kappa shape index (κ3) is 2.36. The molecule has 1 unspecified atom stereocenters. The van der Waals surface area contributed by atoms with Gasteiger partial charge in [0, 0.05) is 24.9 Å². The van der Waals surface area contributed by atoms with Crippen LogP contribution in [-0.2, 0) is 4.79 Å². The van der Waals surface area contributed by atoms with E-state index in [0.717, 1.165) is 0 Å². The Morgan fingerprint density at radius 2 is 2.22 bits per heavy atom. The fraction of sp³-hybridized carbons (Fsp3) is 0.500. The molecule has 1 aromatic heterocycles. The minimum absolute atomic E-state index is 0.0471. The molecule has 0 aliphatic carbocycles. The summed E-state index contributed by atoms with van der Waals surface area (Å²) in [5, 5.41) is 0. The van der Waals surface area contributed by atoms with Gasteiger partial charge >= 0.3 is 0 Å². The Hall–Kier alpha value is -1.49. The van der Waals surface area contributed by atoms with Crippen molar-refractivity contribution in [2.75, 3.05) is 31.5 Å². The Balaban J connectivity index is 2.30. The van der Waals surface area contributed by atoms with Crippen molar-refractivity contribution in [1.82, 2.24) is 4.98 Å². The number of halogens is 1. The van der Waals surface area contributed by atoms with Crippen molar-refractivity contribution < 1.29 is 14.3 Å². The van der Waals surface area contributed by atoms with E-state index in [9.17, 15) is 4.79 Å². The summed E-state index contributed by atoms with van der Waals surface area (Å²) in [6.45, 7) is 0.604. The number of methoxy groups -OCH3 is 2. The first kappa shape index (κ1) is 13.0. The first-order chi connectivity index (χ1) is 8.69. The molecule has 6 heteroatoms. The summed E-state index contributed by atoms with van der Waals surface area (Å²) in [4.78, 5) is 17.8. The van der Waals surface area contributed by atoms with Crippen LogP contribution < -0.4 is 14.4 Å². The zero-order chi connectivity index (χ0) is 13.1. The van der Waals surface area contributed by atoms with Crippen molar-refractivity contribution in [2.24, 2.45) is 5.92 Å². The van der Waals surface area contributed by atoms with Crippen molar-refractivity contribution in [3.63, 3.8) is 0 Å². The summed E-state index contributed by atoms with van der Waals surface area (Å²) in [7, 11) is 3.05. The Bertz CT molecular complexity index is 453. The monoisotopic (exact) mass is 270 g/mol. The number of hydrogen-bond acceptors (Lipinski definition) is 4. The predicted molar refractivity (Wildman–Crippen MR) is 68.5 cm³/mol. The van der Waals surface area contributed by atoms with Crippen molar-refractivity contribution >= 4 is 23.2 Å². The molecular formula is C12H15ClN2O3. The lowest BCUT2D eigenvalue weighted by Crippen LogP contribution is -2.25. The van der Waals surface area contributed by atoms with Crippen LogP contribution in [0.1, 0.15) is 6.42 Å². The van der Waals surface area contributed by atoms with E-state index in [4.69, 9.17) is 21.1 Å². The topological polar surface area (TPSA) is 51.7 Å². The van der Waals surface area contributed by atoms with Crippen LogP contribution in [0.5, 0.6) is 11.8 Å². The number of pyridine rings is 1. The SMILES string of the molecule is COc1ccc(N2CC(CCl)CC2=O)c(OC)n1. The van der Waals surface area contributed by atoms with Crippen LogP contribution in [0.3, 0.4) is 0 Å². The zero-order valence-electron chi connectivity index (χ0n) is 10.4. The van der Waals surface area contributed by atoms with E-state index in [0.29, 0.717) is 36.3 Å². The van der Waals surface area contributed by atoms with E-state index in [-0.39, 0.29) is 11.8 Å². The van der Waals surface area contributed by atoms with Crippen molar-refractivity contribution in [2.45, 2.75) is 6.42 Å².